The van der Waals surface area contributed by atoms with E-state index in [2.05, 4.69) is 5.32 Å². The molecule has 162 valence electrons. The predicted octanol–water partition coefficient (Wildman–Crippen LogP) is 6.28. The van der Waals surface area contributed by atoms with E-state index in [0.29, 0.717) is 27.5 Å². The Morgan fingerprint density at radius 1 is 0.750 bits per heavy atom. The van der Waals surface area contributed by atoms with Crippen molar-refractivity contribution in [2.24, 2.45) is 0 Å². The van der Waals surface area contributed by atoms with Crippen LogP contribution in [0.1, 0.15) is 33.4 Å². The number of carbonyl (C=O) groups is 2. The van der Waals surface area contributed by atoms with Gasteiger partial charge >= 0.3 is 0 Å². The molecular weight excluding hydrogens is 420 g/mol. The van der Waals surface area contributed by atoms with E-state index in [1.807, 2.05) is 77.1 Å². The molecule has 32 heavy (non-hydrogen) atoms. The van der Waals surface area contributed by atoms with Gasteiger partial charge in [0.05, 0.1) is 11.3 Å². The quantitative estimate of drug-likeness (QED) is 0.482. The number of imide groups is 1. The van der Waals surface area contributed by atoms with Crippen molar-refractivity contribution in [3.05, 3.63) is 98.7 Å². The van der Waals surface area contributed by atoms with E-state index >= 15 is 0 Å². The first-order chi connectivity index (χ1) is 15.2. The second-order valence-electron chi connectivity index (χ2n) is 8.30. The number of amides is 2. The number of halogens is 1. The van der Waals surface area contributed by atoms with Crippen LogP contribution in [0.2, 0.25) is 5.02 Å². The Morgan fingerprint density at radius 2 is 1.47 bits per heavy atom. The fourth-order valence-corrected chi connectivity index (χ4v) is 4.04. The summed E-state index contributed by atoms with van der Waals surface area (Å²) in [6, 6.07) is 16.9. The summed E-state index contributed by atoms with van der Waals surface area (Å²) in [4.78, 5) is 28.7. The molecular formula is C27H25ClN2O2. The molecule has 0 saturated carbocycles. The average Bonchev–Trinajstić information content (AvgIpc) is 2.99. The maximum atomic E-state index is 13.7. The zero-order valence-electron chi connectivity index (χ0n) is 18.8. The first kappa shape index (κ1) is 21.8. The summed E-state index contributed by atoms with van der Waals surface area (Å²) >= 11 is 6.20. The number of hydrogen-bond donors (Lipinski definition) is 1. The normalized spacial score (nSPS) is 13.9. The van der Waals surface area contributed by atoms with Crippen molar-refractivity contribution in [1.82, 2.24) is 0 Å². The van der Waals surface area contributed by atoms with Crippen molar-refractivity contribution >= 4 is 40.4 Å². The number of aryl methyl sites for hydroxylation is 4. The number of nitrogens with zero attached hydrogens (tertiary/aromatic N) is 1. The van der Waals surface area contributed by atoms with E-state index in [4.69, 9.17) is 11.6 Å². The second-order valence-corrected chi connectivity index (χ2v) is 8.73. The molecule has 0 aliphatic carbocycles. The van der Waals surface area contributed by atoms with Crippen LogP contribution in [-0.2, 0) is 9.59 Å². The summed E-state index contributed by atoms with van der Waals surface area (Å²) in [5.74, 6) is -0.717. The Kier molecular flexibility index (Phi) is 5.66. The molecule has 0 atom stereocenters. The molecule has 3 aromatic rings. The third-order valence-electron chi connectivity index (χ3n) is 6.16. The minimum atomic E-state index is -0.378. The lowest BCUT2D eigenvalue weighted by Gasteiger charge is -2.19. The molecule has 1 N–H and O–H groups in total. The van der Waals surface area contributed by atoms with Gasteiger partial charge in [-0.05, 0) is 86.2 Å². The molecule has 4 rings (SSSR count). The molecule has 1 aliphatic heterocycles. The number of hydrogen-bond acceptors (Lipinski definition) is 3. The van der Waals surface area contributed by atoms with Gasteiger partial charge in [0, 0.05) is 10.7 Å². The Labute approximate surface area is 193 Å². The van der Waals surface area contributed by atoms with Crippen LogP contribution in [0.4, 0.5) is 11.4 Å². The van der Waals surface area contributed by atoms with Gasteiger partial charge < -0.3 is 5.32 Å². The van der Waals surface area contributed by atoms with Gasteiger partial charge in [0.1, 0.15) is 5.70 Å². The van der Waals surface area contributed by atoms with E-state index in [-0.39, 0.29) is 17.5 Å². The Balaban J connectivity index is 1.90. The van der Waals surface area contributed by atoms with Crippen LogP contribution in [0.25, 0.3) is 5.57 Å². The largest absolute Gasteiger partial charge is 0.350 e. The van der Waals surface area contributed by atoms with Crippen LogP contribution in [0.3, 0.4) is 0 Å². The molecule has 1 heterocycles. The number of benzene rings is 3. The molecule has 0 spiro atoms. The monoisotopic (exact) mass is 444 g/mol. The topological polar surface area (TPSA) is 49.4 Å². The SMILES string of the molecule is Cc1ccc(C2=C(Nc3cc(Cl)ccc3C)C(=O)N(c3cccc(C)c3C)C2=O)cc1C. The average molecular weight is 445 g/mol. The molecule has 0 aromatic heterocycles. The predicted molar refractivity (Wildman–Crippen MR) is 131 cm³/mol. The van der Waals surface area contributed by atoms with Crippen LogP contribution in [0.15, 0.2) is 60.3 Å². The van der Waals surface area contributed by atoms with Gasteiger partial charge in [-0.1, -0.05) is 48.0 Å². The smallest absolute Gasteiger partial charge is 0.282 e. The third-order valence-corrected chi connectivity index (χ3v) is 6.39. The van der Waals surface area contributed by atoms with Crippen LogP contribution in [-0.4, -0.2) is 11.8 Å². The van der Waals surface area contributed by atoms with Gasteiger partial charge in [0.25, 0.3) is 11.8 Å². The van der Waals surface area contributed by atoms with E-state index in [0.717, 1.165) is 27.8 Å². The molecule has 0 bridgehead atoms. The minimum Gasteiger partial charge on any atom is -0.350 e. The van der Waals surface area contributed by atoms with Crippen molar-refractivity contribution in [3.63, 3.8) is 0 Å². The van der Waals surface area contributed by atoms with Crippen LogP contribution < -0.4 is 10.2 Å². The number of carbonyl (C=O) groups excluding carboxylic acids is 2. The molecule has 4 nitrogen and oxygen atoms in total. The molecule has 0 fully saturated rings. The fraction of sp³-hybridized carbons (Fsp3) is 0.185. The maximum absolute atomic E-state index is 13.7. The van der Waals surface area contributed by atoms with E-state index in [1.165, 1.54) is 4.90 Å². The number of anilines is 2. The Bertz CT molecular complexity index is 1310. The van der Waals surface area contributed by atoms with Crippen LogP contribution in [0, 0.1) is 34.6 Å². The highest BCUT2D eigenvalue weighted by Gasteiger charge is 2.41. The van der Waals surface area contributed by atoms with Gasteiger partial charge in [-0.2, -0.15) is 0 Å². The maximum Gasteiger partial charge on any atom is 0.282 e. The number of rotatable bonds is 4. The summed E-state index contributed by atoms with van der Waals surface area (Å²) in [7, 11) is 0. The zero-order valence-corrected chi connectivity index (χ0v) is 19.6. The highest BCUT2D eigenvalue weighted by atomic mass is 35.5. The fourth-order valence-electron chi connectivity index (χ4n) is 3.87. The zero-order chi connectivity index (χ0) is 23.2. The lowest BCUT2D eigenvalue weighted by molar-refractivity contribution is -0.120. The number of nitrogens with one attached hydrogen (secondary N) is 1. The second kappa shape index (κ2) is 8.29. The van der Waals surface area contributed by atoms with Crippen molar-refractivity contribution in [2.75, 3.05) is 10.2 Å². The molecule has 0 unspecified atom stereocenters. The Hall–Kier alpha value is -3.37. The van der Waals surface area contributed by atoms with Crippen molar-refractivity contribution in [2.45, 2.75) is 34.6 Å². The third kappa shape index (κ3) is 3.71. The molecule has 5 heteroatoms. The summed E-state index contributed by atoms with van der Waals surface area (Å²) in [6.45, 7) is 9.84. The minimum absolute atomic E-state index is 0.254. The molecule has 2 amide bonds. The summed E-state index contributed by atoms with van der Waals surface area (Å²) < 4.78 is 0. The van der Waals surface area contributed by atoms with Gasteiger partial charge in [-0.25, -0.2) is 4.90 Å². The molecule has 0 radical (unpaired) electrons. The van der Waals surface area contributed by atoms with E-state index in [1.54, 1.807) is 12.1 Å². The first-order valence-corrected chi connectivity index (χ1v) is 10.9. The van der Waals surface area contributed by atoms with Crippen molar-refractivity contribution < 1.29 is 9.59 Å². The highest BCUT2D eigenvalue weighted by molar-refractivity contribution is 6.46. The summed E-state index contributed by atoms with van der Waals surface area (Å²) in [5, 5.41) is 3.78. The molecule has 0 saturated heterocycles. The molecule has 3 aromatic carbocycles. The first-order valence-electron chi connectivity index (χ1n) is 10.5. The van der Waals surface area contributed by atoms with Crippen molar-refractivity contribution in [3.8, 4) is 0 Å². The lowest BCUT2D eigenvalue weighted by Crippen LogP contribution is -2.33. The van der Waals surface area contributed by atoms with E-state index in [9.17, 15) is 9.59 Å². The standard InChI is InChI=1S/C27H25ClN2O2/c1-15-9-11-20(13-18(15)4)24-25(29-22-14-21(28)12-10-17(22)3)27(32)30(26(24)31)23-8-6-7-16(2)19(23)5/h6-14,29H,1-5H3. The van der Waals surface area contributed by atoms with Gasteiger partial charge in [-0.15, -0.1) is 0 Å². The van der Waals surface area contributed by atoms with Crippen molar-refractivity contribution in [1.29, 1.82) is 0 Å². The summed E-state index contributed by atoms with van der Waals surface area (Å²) in [5.41, 5.74) is 7.63. The lowest BCUT2D eigenvalue weighted by atomic mass is 9.99. The van der Waals surface area contributed by atoms with Crippen LogP contribution in [0.5, 0.6) is 0 Å². The Morgan fingerprint density at radius 3 is 2.19 bits per heavy atom. The molecule has 1 aliphatic rings. The van der Waals surface area contributed by atoms with Gasteiger partial charge in [-0.3, -0.25) is 9.59 Å². The van der Waals surface area contributed by atoms with Crippen LogP contribution >= 0.6 is 11.6 Å². The van der Waals surface area contributed by atoms with Gasteiger partial charge in [0.2, 0.25) is 0 Å². The van der Waals surface area contributed by atoms with E-state index < -0.39 is 0 Å². The van der Waals surface area contributed by atoms with Gasteiger partial charge in [0.15, 0.2) is 0 Å². The summed E-state index contributed by atoms with van der Waals surface area (Å²) in [6.07, 6.45) is 0. The highest BCUT2D eigenvalue weighted by Crippen LogP contribution is 2.37.